The minimum absolute atomic E-state index is 0.0133. The number of rotatable bonds is 4. The van der Waals surface area contributed by atoms with Crippen molar-refractivity contribution in [1.29, 1.82) is 0 Å². The Morgan fingerprint density at radius 3 is 2.65 bits per heavy atom. The lowest BCUT2D eigenvalue weighted by Crippen LogP contribution is -2.37. The highest BCUT2D eigenvalue weighted by molar-refractivity contribution is 6.33. The zero-order chi connectivity index (χ0) is 12.3. The number of carbonyl (C=O) groups excluding carboxylic acids is 2. The summed E-state index contributed by atoms with van der Waals surface area (Å²) in [5, 5.41) is 5.71. The summed E-state index contributed by atoms with van der Waals surface area (Å²) in [7, 11) is 0. The highest BCUT2D eigenvalue weighted by Crippen LogP contribution is 2.18. The second-order valence-corrected chi connectivity index (χ2v) is 4.41. The van der Waals surface area contributed by atoms with Crippen LogP contribution in [-0.4, -0.2) is 24.4 Å². The van der Waals surface area contributed by atoms with E-state index in [0.29, 0.717) is 16.6 Å². The molecule has 4 nitrogen and oxygen atoms in total. The van der Waals surface area contributed by atoms with Gasteiger partial charge in [0.25, 0.3) is 5.91 Å². The van der Waals surface area contributed by atoms with Gasteiger partial charge in [-0.15, -0.1) is 0 Å². The molecule has 17 heavy (non-hydrogen) atoms. The predicted octanol–water partition coefficient (Wildman–Crippen LogP) is 1.35. The number of carbonyl (C=O) groups is 2. The third-order valence-electron chi connectivity index (χ3n) is 2.47. The van der Waals surface area contributed by atoms with Crippen LogP contribution in [0.5, 0.6) is 0 Å². The minimum Gasteiger partial charge on any atom is -0.352 e. The molecule has 0 heterocycles. The molecule has 5 heteroatoms. The first kappa shape index (κ1) is 11.9. The molecule has 2 N–H and O–H groups in total. The van der Waals surface area contributed by atoms with Crippen molar-refractivity contribution < 1.29 is 9.59 Å². The highest BCUT2D eigenvalue weighted by atomic mass is 35.5. The fourth-order valence-corrected chi connectivity index (χ4v) is 1.63. The second-order valence-electron chi connectivity index (χ2n) is 4.00. The van der Waals surface area contributed by atoms with E-state index in [-0.39, 0.29) is 18.4 Å². The molecule has 1 fully saturated rings. The second kappa shape index (κ2) is 5.19. The fourth-order valence-electron chi connectivity index (χ4n) is 1.41. The van der Waals surface area contributed by atoms with Gasteiger partial charge in [0.1, 0.15) is 0 Å². The summed E-state index contributed by atoms with van der Waals surface area (Å²) in [6, 6.07) is 7.04. The van der Waals surface area contributed by atoms with Crippen molar-refractivity contribution >= 4 is 23.4 Å². The summed E-state index contributed by atoms with van der Waals surface area (Å²) in [6.45, 7) is -0.0133. The first-order valence-corrected chi connectivity index (χ1v) is 5.86. The van der Waals surface area contributed by atoms with Crippen molar-refractivity contribution in [2.75, 3.05) is 6.54 Å². The van der Waals surface area contributed by atoms with Gasteiger partial charge in [-0.3, -0.25) is 9.59 Å². The summed E-state index contributed by atoms with van der Waals surface area (Å²) >= 11 is 5.87. The first-order valence-electron chi connectivity index (χ1n) is 5.49. The highest BCUT2D eigenvalue weighted by Gasteiger charge is 2.23. The molecule has 1 saturated carbocycles. The lowest BCUT2D eigenvalue weighted by Gasteiger charge is -2.06. The molecule has 2 rings (SSSR count). The van der Waals surface area contributed by atoms with E-state index in [1.165, 1.54) is 0 Å². The van der Waals surface area contributed by atoms with Gasteiger partial charge in [-0.2, -0.15) is 0 Å². The Kier molecular flexibility index (Phi) is 3.64. The molecular weight excluding hydrogens is 240 g/mol. The molecule has 1 aromatic rings. The number of hydrogen-bond donors (Lipinski definition) is 2. The molecule has 1 aliphatic rings. The van der Waals surface area contributed by atoms with Gasteiger partial charge >= 0.3 is 0 Å². The summed E-state index contributed by atoms with van der Waals surface area (Å²) in [5.74, 6) is -0.491. The zero-order valence-electron chi connectivity index (χ0n) is 9.20. The fraction of sp³-hybridized carbons (Fsp3) is 0.333. The number of halogens is 1. The Hall–Kier alpha value is -1.55. The van der Waals surface area contributed by atoms with Gasteiger partial charge in [-0.1, -0.05) is 23.7 Å². The van der Waals surface area contributed by atoms with Gasteiger partial charge in [-0.25, -0.2) is 0 Å². The van der Waals surface area contributed by atoms with E-state index in [1.807, 2.05) is 0 Å². The maximum Gasteiger partial charge on any atom is 0.253 e. The first-order chi connectivity index (χ1) is 8.16. The van der Waals surface area contributed by atoms with Crippen LogP contribution in [0.3, 0.4) is 0 Å². The number of hydrogen-bond acceptors (Lipinski definition) is 2. The molecule has 0 bridgehead atoms. The van der Waals surface area contributed by atoms with E-state index in [9.17, 15) is 9.59 Å². The molecule has 2 amide bonds. The normalized spacial score (nSPS) is 14.2. The van der Waals surface area contributed by atoms with Crippen LogP contribution in [0.15, 0.2) is 24.3 Å². The van der Waals surface area contributed by atoms with Crippen molar-refractivity contribution in [3.8, 4) is 0 Å². The van der Waals surface area contributed by atoms with E-state index in [1.54, 1.807) is 24.3 Å². The van der Waals surface area contributed by atoms with Gasteiger partial charge < -0.3 is 10.6 Å². The monoisotopic (exact) mass is 252 g/mol. The topological polar surface area (TPSA) is 58.2 Å². The standard InChI is InChI=1S/C12H13ClN2O2/c13-10-4-2-1-3-9(10)12(17)14-7-11(16)15-8-5-6-8/h1-4,8H,5-7H2,(H,14,17)(H,15,16). The predicted molar refractivity (Wildman–Crippen MR) is 64.9 cm³/mol. The number of nitrogens with one attached hydrogen (secondary N) is 2. The zero-order valence-corrected chi connectivity index (χ0v) is 9.96. The van der Waals surface area contributed by atoms with Gasteiger partial charge in [0.05, 0.1) is 17.1 Å². The quantitative estimate of drug-likeness (QED) is 0.850. The van der Waals surface area contributed by atoms with E-state index in [0.717, 1.165) is 12.8 Å². The van der Waals surface area contributed by atoms with Crippen LogP contribution in [-0.2, 0) is 4.79 Å². The Labute approximate surface area is 104 Å². The maximum absolute atomic E-state index is 11.7. The van der Waals surface area contributed by atoms with Crippen molar-refractivity contribution in [2.24, 2.45) is 0 Å². The molecule has 0 spiro atoms. The van der Waals surface area contributed by atoms with Crippen LogP contribution in [0.1, 0.15) is 23.2 Å². The molecule has 0 saturated heterocycles. The van der Waals surface area contributed by atoms with Crippen LogP contribution < -0.4 is 10.6 Å². The molecule has 0 atom stereocenters. The van der Waals surface area contributed by atoms with Gasteiger partial charge in [0.15, 0.2) is 0 Å². The van der Waals surface area contributed by atoms with Crippen molar-refractivity contribution in [2.45, 2.75) is 18.9 Å². The van der Waals surface area contributed by atoms with Gasteiger partial charge in [0.2, 0.25) is 5.91 Å². The largest absolute Gasteiger partial charge is 0.352 e. The summed E-state index contributed by atoms with van der Waals surface area (Å²) in [5.41, 5.74) is 0.383. The van der Waals surface area contributed by atoms with Crippen LogP contribution in [0, 0.1) is 0 Å². The van der Waals surface area contributed by atoms with E-state index in [4.69, 9.17) is 11.6 Å². The van der Waals surface area contributed by atoms with E-state index >= 15 is 0 Å². The number of amides is 2. The Bertz CT molecular complexity index is 444. The molecule has 1 aromatic carbocycles. The van der Waals surface area contributed by atoms with E-state index < -0.39 is 0 Å². The van der Waals surface area contributed by atoms with Crippen molar-refractivity contribution in [3.63, 3.8) is 0 Å². The molecule has 0 aromatic heterocycles. The summed E-state index contributed by atoms with van der Waals surface area (Å²) < 4.78 is 0. The van der Waals surface area contributed by atoms with Gasteiger partial charge in [-0.05, 0) is 25.0 Å². The Morgan fingerprint density at radius 1 is 1.29 bits per heavy atom. The van der Waals surface area contributed by atoms with Crippen LogP contribution >= 0.6 is 11.6 Å². The van der Waals surface area contributed by atoms with Crippen LogP contribution in [0.25, 0.3) is 0 Å². The molecule has 0 radical (unpaired) electrons. The Balaban J connectivity index is 1.84. The lowest BCUT2D eigenvalue weighted by molar-refractivity contribution is -0.120. The maximum atomic E-state index is 11.7. The summed E-state index contributed by atoms with van der Waals surface area (Å²) in [4.78, 5) is 23.1. The average Bonchev–Trinajstić information content (AvgIpc) is 3.10. The van der Waals surface area contributed by atoms with Gasteiger partial charge in [0, 0.05) is 6.04 Å². The SMILES string of the molecule is O=C(CNC(=O)c1ccccc1Cl)NC1CC1. The smallest absolute Gasteiger partial charge is 0.253 e. The molecule has 1 aliphatic carbocycles. The minimum atomic E-state index is -0.332. The third kappa shape index (κ3) is 3.46. The van der Waals surface area contributed by atoms with Crippen LogP contribution in [0.2, 0.25) is 5.02 Å². The molecular formula is C12H13ClN2O2. The molecule has 0 unspecified atom stereocenters. The molecule has 0 aliphatic heterocycles. The molecule has 90 valence electrons. The Morgan fingerprint density at radius 2 is 2.00 bits per heavy atom. The van der Waals surface area contributed by atoms with Crippen molar-refractivity contribution in [3.05, 3.63) is 34.9 Å². The number of benzene rings is 1. The summed E-state index contributed by atoms with van der Waals surface area (Å²) in [6.07, 6.45) is 2.06. The average molecular weight is 253 g/mol. The third-order valence-corrected chi connectivity index (χ3v) is 2.80. The van der Waals surface area contributed by atoms with E-state index in [2.05, 4.69) is 10.6 Å². The van der Waals surface area contributed by atoms with Crippen LogP contribution in [0.4, 0.5) is 0 Å². The lowest BCUT2D eigenvalue weighted by atomic mass is 10.2. The van der Waals surface area contributed by atoms with Crippen molar-refractivity contribution in [1.82, 2.24) is 10.6 Å².